The predicted molar refractivity (Wildman–Crippen MR) is 134 cm³/mol. The summed E-state index contributed by atoms with van der Waals surface area (Å²) in [5.41, 5.74) is 1.13. The summed E-state index contributed by atoms with van der Waals surface area (Å²) in [5, 5.41) is 4.69. The van der Waals surface area contributed by atoms with Gasteiger partial charge in [-0.15, -0.1) is 0 Å². The number of carbonyl (C=O) groups is 1. The van der Waals surface area contributed by atoms with Crippen molar-refractivity contribution < 1.29 is 13.2 Å². The third kappa shape index (κ3) is 5.66. The third-order valence-electron chi connectivity index (χ3n) is 4.75. The van der Waals surface area contributed by atoms with Crippen LogP contribution in [0.15, 0.2) is 71.8 Å². The number of amides is 1. The van der Waals surface area contributed by atoms with Crippen molar-refractivity contribution in [2.45, 2.75) is 11.4 Å². The molecule has 0 saturated heterocycles. The van der Waals surface area contributed by atoms with Crippen LogP contribution in [0.1, 0.15) is 5.56 Å². The first kappa shape index (κ1) is 23.9. The molecule has 0 saturated carbocycles. The lowest BCUT2D eigenvalue weighted by molar-refractivity contribution is -0.116. The van der Waals surface area contributed by atoms with E-state index >= 15 is 0 Å². The first-order valence-electron chi connectivity index (χ1n) is 9.56. The third-order valence-corrected chi connectivity index (χ3v) is 8.33. The maximum Gasteiger partial charge on any atom is 0.243 e. The highest BCUT2D eigenvalue weighted by Gasteiger charge is 2.27. The molecule has 6 nitrogen and oxygen atoms in total. The van der Waals surface area contributed by atoms with E-state index in [4.69, 9.17) is 34.8 Å². The fourth-order valence-corrected chi connectivity index (χ4v) is 5.59. The van der Waals surface area contributed by atoms with E-state index in [1.807, 2.05) is 6.07 Å². The molecule has 170 valence electrons. The highest BCUT2D eigenvalue weighted by molar-refractivity contribution is 7.89. The second kappa shape index (κ2) is 9.97. The van der Waals surface area contributed by atoms with Crippen molar-refractivity contribution in [1.82, 2.24) is 8.68 Å². The van der Waals surface area contributed by atoms with Crippen LogP contribution in [-0.4, -0.2) is 29.5 Å². The molecule has 1 N–H and O–H groups in total. The van der Waals surface area contributed by atoms with Gasteiger partial charge in [0.2, 0.25) is 15.9 Å². The zero-order chi connectivity index (χ0) is 23.6. The Kier molecular flexibility index (Phi) is 7.23. The summed E-state index contributed by atoms with van der Waals surface area (Å²) >= 11 is 19.3. The lowest BCUT2D eigenvalue weighted by Gasteiger charge is -2.22. The summed E-state index contributed by atoms with van der Waals surface area (Å²) in [5.74, 6) is -0.491. The van der Waals surface area contributed by atoms with Crippen molar-refractivity contribution >= 4 is 78.0 Å². The monoisotopic (exact) mass is 539 g/mol. The number of rotatable bonds is 7. The second-order valence-electron chi connectivity index (χ2n) is 7.10. The van der Waals surface area contributed by atoms with Crippen LogP contribution in [0, 0.1) is 0 Å². The molecule has 0 aliphatic heterocycles. The molecule has 4 aromatic rings. The van der Waals surface area contributed by atoms with Crippen molar-refractivity contribution in [3.8, 4) is 0 Å². The molecule has 1 amide bonds. The van der Waals surface area contributed by atoms with Gasteiger partial charge in [-0.3, -0.25) is 4.79 Å². The average molecular weight is 541 g/mol. The number of benzene rings is 3. The molecule has 33 heavy (non-hydrogen) atoms. The normalized spacial score (nSPS) is 11.8. The number of anilines is 1. The van der Waals surface area contributed by atoms with Gasteiger partial charge in [-0.05, 0) is 71.7 Å². The summed E-state index contributed by atoms with van der Waals surface area (Å²) in [7, 11) is -4.02. The first-order valence-corrected chi connectivity index (χ1v) is 12.9. The first-order chi connectivity index (χ1) is 15.7. The van der Waals surface area contributed by atoms with E-state index in [2.05, 4.69) is 9.69 Å². The van der Waals surface area contributed by atoms with Crippen molar-refractivity contribution in [3.63, 3.8) is 0 Å². The van der Waals surface area contributed by atoms with Crippen molar-refractivity contribution in [3.05, 3.63) is 87.5 Å². The van der Waals surface area contributed by atoms with Gasteiger partial charge < -0.3 is 5.32 Å². The quantitative estimate of drug-likeness (QED) is 0.308. The standard InChI is InChI=1S/C22H16Cl3N3O3S2/c23-16-2-5-18(6-3-16)33(30,31)28(12-14-1-7-19(24)20(25)9-14)13-22(29)27-17-4-8-21-15(10-17)11-26-32-21/h1-11H,12-13H2,(H,27,29). The molecular formula is C22H16Cl3N3O3S2. The predicted octanol–water partition coefficient (Wildman–Crippen LogP) is 6.09. The van der Waals surface area contributed by atoms with Crippen LogP contribution in [0.5, 0.6) is 0 Å². The summed E-state index contributed by atoms with van der Waals surface area (Å²) in [6, 6.07) is 16.0. The van der Waals surface area contributed by atoms with Gasteiger partial charge in [-0.25, -0.2) is 8.42 Å². The smallest absolute Gasteiger partial charge is 0.243 e. The minimum atomic E-state index is -4.02. The number of hydrogen-bond acceptors (Lipinski definition) is 5. The molecule has 0 aliphatic rings. The Bertz CT molecular complexity index is 1420. The minimum absolute atomic E-state index is 0.0190. The van der Waals surface area contributed by atoms with Crippen LogP contribution < -0.4 is 5.32 Å². The van der Waals surface area contributed by atoms with Crippen molar-refractivity contribution in [2.24, 2.45) is 0 Å². The minimum Gasteiger partial charge on any atom is -0.325 e. The van der Waals surface area contributed by atoms with Crippen LogP contribution in [0.3, 0.4) is 0 Å². The van der Waals surface area contributed by atoms with Gasteiger partial charge in [0.05, 0.1) is 26.2 Å². The number of nitrogens with one attached hydrogen (secondary N) is 1. The van der Waals surface area contributed by atoms with E-state index in [0.29, 0.717) is 26.3 Å². The second-order valence-corrected chi connectivity index (χ2v) is 11.1. The number of nitrogens with zero attached hydrogens (tertiary/aromatic N) is 2. The molecule has 11 heteroatoms. The summed E-state index contributed by atoms with van der Waals surface area (Å²) in [4.78, 5) is 12.9. The number of sulfonamides is 1. The van der Waals surface area contributed by atoms with Crippen LogP contribution in [0.25, 0.3) is 10.1 Å². The van der Waals surface area contributed by atoms with Gasteiger partial charge in [-0.2, -0.15) is 8.68 Å². The van der Waals surface area contributed by atoms with E-state index in [1.165, 1.54) is 35.8 Å². The highest BCUT2D eigenvalue weighted by Crippen LogP contribution is 2.26. The van der Waals surface area contributed by atoms with Gasteiger partial charge in [0.1, 0.15) is 0 Å². The Morgan fingerprint density at radius 2 is 1.73 bits per heavy atom. The van der Waals surface area contributed by atoms with E-state index in [1.54, 1.807) is 36.5 Å². The Balaban J connectivity index is 1.61. The SMILES string of the molecule is O=C(CN(Cc1ccc(Cl)c(Cl)c1)S(=O)(=O)c1ccc(Cl)cc1)Nc1ccc2sncc2c1. The van der Waals surface area contributed by atoms with Crippen LogP contribution >= 0.6 is 46.3 Å². The van der Waals surface area contributed by atoms with Gasteiger partial charge in [0.25, 0.3) is 0 Å². The average Bonchev–Trinajstić information content (AvgIpc) is 3.24. The molecule has 0 unspecified atom stereocenters. The number of fused-ring (bicyclic) bond motifs is 1. The van der Waals surface area contributed by atoms with Gasteiger partial charge in [0, 0.05) is 28.8 Å². The molecule has 3 aromatic carbocycles. The number of aromatic nitrogens is 1. The Hall–Kier alpha value is -2.20. The highest BCUT2D eigenvalue weighted by atomic mass is 35.5. The zero-order valence-corrected chi connectivity index (χ0v) is 20.7. The summed E-state index contributed by atoms with van der Waals surface area (Å²) < 4.78 is 32.9. The van der Waals surface area contributed by atoms with Gasteiger partial charge in [-0.1, -0.05) is 40.9 Å². The van der Waals surface area contributed by atoms with Crippen LogP contribution in [0.4, 0.5) is 5.69 Å². The van der Waals surface area contributed by atoms with Crippen molar-refractivity contribution in [1.29, 1.82) is 0 Å². The Morgan fingerprint density at radius 3 is 2.45 bits per heavy atom. The Morgan fingerprint density at radius 1 is 0.970 bits per heavy atom. The largest absolute Gasteiger partial charge is 0.325 e. The number of hydrogen-bond donors (Lipinski definition) is 1. The fraction of sp³-hybridized carbons (Fsp3) is 0.0909. The molecular weight excluding hydrogens is 525 g/mol. The summed E-state index contributed by atoms with van der Waals surface area (Å²) in [6.07, 6.45) is 1.71. The van der Waals surface area contributed by atoms with E-state index < -0.39 is 22.5 Å². The zero-order valence-electron chi connectivity index (χ0n) is 16.8. The molecule has 1 heterocycles. The maximum absolute atomic E-state index is 13.4. The van der Waals surface area contributed by atoms with E-state index in [0.717, 1.165) is 14.4 Å². The van der Waals surface area contributed by atoms with Crippen LogP contribution in [-0.2, 0) is 21.4 Å². The molecule has 0 atom stereocenters. The lowest BCUT2D eigenvalue weighted by Crippen LogP contribution is -2.37. The molecule has 0 radical (unpaired) electrons. The Labute approximate surface area is 209 Å². The van der Waals surface area contributed by atoms with E-state index in [-0.39, 0.29) is 11.4 Å². The van der Waals surface area contributed by atoms with Gasteiger partial charge in [0.15, 0.2) is 0 Å². The lowest BCUT2D eigenvalue weighted by atomic mass is 10.2. The molecule has 0 fully saturated rings. The molecule has 4 rings (SSSR count). The molecule has 0 spiro atoms. The van der Waals surface area contributed by atoms with Gasteiger partial charge >= 0.3 is 0 Å². The fourth-order valence-electron chi connectivity index (χ4n) is 3.13. The molecule has 0 bridgehead atoms. The number of carbonyl (C=O) groups excluding carboxylic acids is 1. The molecule has 1 aromatic heterocycles. The topological polar surface area (TPSA) is 79.4 Å². The van der Waals surface area contributed by atoms with Crippen LogP contribution in [0.2, 0.25) is 15.1 Å². The number of halogens is 3. The summed E-state index contributed by atoms with van der Waals surface area (Å²) in [6.45, 7) is -0.492. The molecule has 0 aliphatic carbocycles. The maximum atomic E-state index is 13.4. The van der Waals surface area contributed by atoms with Crippen molar-refractivity contribution in [2.75, 3.05) is 11.9 Å². The van der Waals surface area contributed by atoms with E-state index in [9.17, 15) is 13.2 Å².